The van der Waals surface area contributed by atoms with E-state index >= 15 is 0 Å². The van der Waals surface area contributed by atoms with Crippen molar-refractivity contribution in [2.45, 2.75) is 0 Å². The van der Waals surface area contributed by atoms with Crippen molar-refractivity contribution in [2.24, 2.45) is 0 Å². The van der Waals surface area contributed by atoms with Gasteiger partial charge < -0.3 is 5.32 Å². The molecule has 0 aliphatic carbocycles. The van der Waals surface area contributed by atoms with Gasteiger partial charge in [0, 0.05) is 23.6 Å². The fraction of sp³-hybridized carbons (Fsp3) is 0. The topological polar surface area (TPSA) is 85.4 Å². The molecular formula is C16H9N5S. The molecule has 0 unspecified atom stereocenters. The summed E-state index contributed by atoms with van der Waals surface area (Å²) >= 11 is 1.54. The van der Waals surface area contributed by atoms with Gasteiger partial charge in [-0.1, -0.05) is 11.3 Å². The Morgan fingerprint density at radius 3 is 2.59 bits per heavy atom. The molecule has 0 aliphatic heterocycles. The number of allylic oxidation sites excluding steroid dienone is 1. The van der Waals surface area contributed by atoms with Crippen LogP contribution in [0.2, 0.25) is 0 Å². The number of rotatable bonds is 3. The third-order valence-corrected chi connectivity index (χ3v) is 3.95. The standard InChI is InChI=1S/C16H9N5S/c17-8-11(9-18)10-20-13-5-3-12(4-6-13)15-21-14-2-1-7-19-16(14)22-15/h1-7,10,20H. The normalized spacial score (nSPS) is 9.73. The molecule has 0 fully saturated rings. The van der Waals surface area contributed by atoms with Gasteiger partial charge in [0.15, 0.2) is 0 Å². The summed E-state index contributed by atoms with van der Waals surface area (Å²) < 4.78 is 0. The number of nitriles is 2. The van der Waals surface area contributed by atoms with E-state index < -0.39 is 0 Å². The highest BCUT2D eigenvalue weighted by Gasteiger charge is 2.06. The quantitative estimate of drug-likeness (QED) is 0.746. The number of nitrogens with zero attached hydrogens (tertiary/aromatic N) is 4. The molecule has 6 heteroatoms. The van der Waals surface area contributed by atoms with Gasteiger partial charge in [-0.05, 0) is 36.4 Å². The van der Waals surface area contributed by atoms with Gasteiger partial charge in [-0.3, -0.25) is 0 Å². The number of anilines is 1. The van der Waals surface area contributed by atoms with Crippen LogP contribution in [0.15, 0.2) is 54.4 Å². The van der Waals surface area contributed by atoms with E-state index in [1.165, 1.54) is 6.20 Å². The summed E-state index contributed by atoms with van der Waals surface area (Å²) in [7, 11) is 0. The van der Waals surface area contributed by atoms with E-state index in [1.807, 2.05) is 36.4 Å². The van der Waals surface area contributed by atoms with Crippen LogP contribution in [-0.4, -0.2) is 9.97 Å². The van der Waals surface area contributed by atoms with Crippen molar-refractivity contribution in [1.29, 1.82) is 10.5 Å². The summed E-state index contributed by atoms with van der Waals surface area (Å²) in [5, 5.41) is 21.2. The minimum absolute atomic E-state index is 0.0290. The van der Waals surface area contributed by atoms with Crippen molar-refractivity contribution < 1.29 is 0 Å². The zero-order valence-corrected chi connectivity index (χ0v) is 12.1. The lowest BCUT2D eigenvalue weighted by atomic mass is 10.2. The molecule has 0 aliphatic rings. The van der Waals surface area contributed by atoms with Crippen LogP contribution in [0.5, 0.6) is 0 Å². The Morgan fingerprint density at radius 1 is 1.14 bits per heavy atom. The maximum atomic E-state index is 8.67. The Balaban J connectivity index is 1.84. The van der Waals surface area contributed by atoms with E-state index in [9.17, 15) is 0 Å². The fourth-order valence-electron chi connectivity index (χ4n) is 1.85. The van der Waals surface area contributed by atoms with E-state index in [1.54, 1.807) is 29.7 Å². The number of hydrogen-bond acceptors (Lipinski definition) is 6. The van der Waals surface area contributed by atoms with E-state index in [-0.39, 0.29) is 5.57 Å². The van der Waals surface area contributed by atoms with Crippen molar-refractivity contribution in [1.82, 2.24) is 9.97 Å². The summed E-state index contributed by atoms with van der Waals surface area (Å²) in [6.45, 7) is 0. The lowest BCUT2D eigenvalue weighted by Gasteiger charge is -2.01. The van der Waals surface area contributed by atoms with Crippen molar-refractivity contribution in [3.05, 3.63) is 54.4 Å². The van der Waals surface area contributed by atoms with Crippen LogP contribution in [0.1, 0.15) is 0 Å². The highest BCUT2D eigenvalue weighted by atomic mass is 32.1. The molecule has 1 aromatic carbocycles. The van der Waals surface area contributed by atoms with Crippen LogP contribution in [0.3, 0.4) is 0 Å². The second kappa shape index (κ2) is 6.04. The van der Waals surface area contributed by atoms with Crippen molar-refractivity contribution >= 4 is 27.4 Å². The highest BCUT2D eigenvalue weighted by molar-refractivity contribution is 7.21. The van der Waals surface area contributed by atoms with E-state index in [0.717, 1.165) is 26.6 Å². The van der Waals surface area contributed by atoms with Gasteiger partial charge in [-0.2, -0.15) is 10.5 Å². The van der Waals surface area contributed by atoms with Crippen LogP contribution in [-0.2, 0) is 0 Å². The fourth-order valence-corrected chi connectivity index (χ4v) is 2.76. The van der Waals surface area contributed by atoms with Crippen molar-refractivity contribution in [2.75, 3.05) is 5.32 Å². The smallest absolute Gasteiger partial charge is 0.145 e. The minimum Gasteiger partial charge on any atom is -0.360 e. The highest BCUT2D eigenvalue weighted by Crippen LogP contribution is 2.29. The third kappa shape index (κ3) is 2.78. The summed E-state index contributed by atoms with van der Waals surface area (Å²) in [5.74, 6) is 0. The Bertz CT molecular complexity index is 877. The molecule has 1 N–H and O–H groups in total. The molecule has 0 spiro atoms. The number of thiazole rings is 1. The molecule has 5 nitrogen and oxygen atoms in total. The SMILES string of the molecule is N#CC(C#N)=CNc1ccc(-c2nc3cccnc3s2)cc1. The largest absolute Gasteiger partial charge is 0.360 e. The summed E-state index contributed by atoms with van der Waals surface area (Å²) in [6.07, 6.45) is 3.14. The number of nitrogens with one attached hydrogen (secondary N) is 1. The monoisotopic (exact) mass is 303 g/mol. The Labute approximate surface area is 130 Å². The van der Waals surface area contributed by atoms with Gasteiger partial charge >= 0.3 is 0 Å². The molecule has 104 valence electrons. The Kier molecular flexibility index (Phi) is 3.78. The van der Waals surface area contributed by atoms with Gasteiger partial charge in [0.25, 0.3) is 0 Å². The molecule has 0 saturated heterocycles. The zero-order valence-electron chi connectivity index (χ0n) is 11.3. The molecule has 0 atom stereocenters. The molecule has 22 heavy (non-hydrogen) atoms. The predicted octanol–water partition coefficient (Wildman–Crippen LogP) is 3.70. The average molecular weight is 303 g/mol. The van der Waals surface area contributed by atoms with Gasteiger partial charge in [-0.15, -0.1) is 0 Å². The van der Waals surface area contributed by atoms with Gasteiger partial charge in [0.05, 0.1) is 0 Å². The number of aromatic nitrogens is 2. The summed E-state index contributed by atoms with van der Waals surface area (Å²) in [4.78, 5) is 9.75. The molecule has 0 bridgehead atoms. The molecular weight excluding hydrogens is 294 g/mol. The lowest BCUT2D eigenvalue weighted by molar-refractivity contribution is 1.40. The first kappa shape index (κ1) is 13.7. The number of benzene rings is 1. The molecule has 0 radical (unpaired) electrons. The van der Waals surface area contributed by atoms with E-state index in [4.69, 9.17) is 10.5 Å². The summed E-state index contributed by atoms with van der Waals surface area (Å²) in [6, 6.07) is 15.0. The first-order valence-corrected chi connectivity index (χ1v) is 7.21. The molecule has 0 saturated carbocycles. The predicted molar refractivity (Wildman–Crippen MR) is 85.8 cm³/mol. The number of pyridine rings is 1. The molecule has 2 heterocycles. The van der Waals surface area contributed by atoms with Crippen LogP contribution in [0, 0.1) is 22.7 Å². The van der Waals surface area contributed by atoms with E-state index in [0.29, 0.717) is 0 Å². The van der Waals surface area contributed by atoms with Crippen molar-refractivity contribution in [3.8, 4) is 22.7 Å². The first-order chi connectivity index (χ1) is 10.8. The molecule has 2 aromatic heterocycles. The molecule has 0 amide bonds. The average Bonchev–Trinajstić information content (AvgIpc) is 3.00. The molecule has 3 aromatic rings. The summed E-state index contributed by atoms with van der Waals surface area (Å²) in [5.41, 5.74) is 2.71. The third-order valence-electron chi connectivity index (χ3n) is 2.92. The van der Waals surface area contributed by atoms with Crippen molar-refractivity contribution in [3.63, 3.8) is 0 Å². The van der Waals surface area contributed by atoms with Crippen LogP contribution in [0.25, 0.3) is 20.9 Å². The van der Waals surface area contributed by atoms with Gasteiger partial charge in [0.2, 0.25) is 0 Å². The molecule has 3 rings (SSSR count). The van der Waals surface area contributed by atoms with Crippen LogP contribution < -0.4 is 5.32 Å². The Morgan fingerprint density at radius 2 is 1.91 bits per heavy atom. The number of fused-ring (bicyclic) bond motifs is 1. The minimum atomic E-state index is 0.0290. The maximum Gasteiger partial charge on any atom is 0.145 e. The Hall–Kier alpha value is -3.22. The first-order valence-electron chi connectivity index (χ1n) is 6.39. The zero-order chi connectivity index (χ0) is 15.4. The van der Waals surface area contributed by atoms with Gasteiger partial charge in [-0.25, -0.2) is 9.97 Å². The second-order valence-electron chi connectivity index (χ2n) is 4.35. The van der Waals surface area contributed by atoms with Crippen LogP contribution in [0.4, 0.5) is 5.69 Å². The lowest BCUT2D eigenvalue weighted by Crippen LogP contribution is -1.89. The maximum absolute atomic E-state index is 8.67. The van der Waals surface area contributed by atoms with E-state index in [2.05, 4.69) is 15.3 Å². The second-order valence-corrected chi connectivity index (χ2v) is 5.33. The van der Waals surface area contributed by atoms with Crippen LogP contribution >= 0.6 is 11.3 Å². The number of hydrogen-bond donors (Lipinski definition) is 1. The van der Waals surface area contributed by atoms with Gasteiger partial charge in [0.1, 0.15) is 33.1 Å².